The van der Waals surface area contributed by atoms with Gasteiger partial charge in [-0.15, -0.1) is 0 Å². The molecule has 0 saturated heterocycles. The molecule has 0 bridgehead atoms. The van der Waals surface area contributed by atoms with Gasteiger partial charge in [0.1, 0.15) is 0 Å². The first-order valence-corrected chi connectivity index (χ1v) is 6.49. The second kappa shape index (κ2) is 5.00. The molecule has 0 atom stereocenters. The van der Waals surface area contributed by atoms with Crippen LogP contribution in [0.3, 0.4) is 0 Å². The van der Waals surface area contributed by atoms with Crippen LogP contribution in [0.1, 0.15) is 5.56 Å². The average molecular weight is 269 g/mol. The van der Waals surface area contributed by atoms with E-state index in [4.69, 9.17) is 17.3 Å². The summed E-state index contributed by atoms with van der Waals surface area (Å²) in [4.78, 5) is 4.15. The van der Waals surface area contributed by atoms with Gasteiger partial charge in [-0.1, -0.05) is 41.9 Å². The maximum Gasteiger partial charge on any atom is 0.0457 e. The number of hydrogen-bond donors (Lipinski definition) is 1. The highest BCUT2D eigenvalue weighted by molar-refractivity contribution is 6.31. The first-order chi connectivity index (χ1) is 9.29. The quantitative estimate of drug-likeness (QED) is 0.763. The molecule has 0 saturated carbocycles. The Morgan fingerprint density at radius 3 is 2.79 bits per heavy atom. The second-order valence-electron chi connectivity index (χ2n) is 4.41. The minimum Gasteiger partial charge on any atom is -0.326 e. The molecule has 19 heavy (non-hydrogen) atoms. The molecule has 0 spiro atoms. The Hall–Kier alpha value is -1.90. The zero-order valence-electron chi connectivity index (χ0n) is 10.3. The van der Waals surface area contributed by atoms with Gasteiger partial charge in [-0.25, -0.2) is 0 Å². The average Bonchev–Trinajstić information content (AvgIpc) is 2.46. The molecule has 0 aliphatic heterocycles. The van der Waals surface area contributed by atoms with Crippen molar-refractivity contribution in [1.29, 1.82) is 0 Å². The van der Waals surface area contributed by atoms with Gasteiger partial charge in [-0.2, -0.15) is 0 Å². The molecule has 0 fully saturated rings. The molecule has 0 aliphatic rings. The third kappa shape index (κ3) is 2.21. The summed E-state index contributed by atoms with van der Waals surface area (Å²) >= 11 is 6.24. The molecule has 1 aromatic heterocycles. The highest BCUT2D eigenvalue weighted by Crippen LogP contribution is 2.30. The van der Waals surface area contributed by atoms with E-state index < -0.39 is 0 Å². The highest BCUT2D eigenvalue weighted by Gasteiger charge is 2.06. The van der Waals surface area contributed by atoms with E-state index in [0.29, 0.717) is 11.6 Å². The molecule has 3 rings (SSSR count). The summed E-state index contributed by atoms with van der Waals surface area (Å²) < 4.78 is 0. The van der Waals surface area contributed by atoms with Crippen LogP contribution in [0.4, 0.5) is 0 Å². The number of rotatable bonds is 2. The number of nitrogens with zero attached hydrogens (tertiary/aromatic N) is 1. The maximum atomic E-state index is 6.24. The maximum absolute atomic E-state index is 6.24. The van der Waals surface area contributed by atoms with Crippen molar-refractivity contribution in [2.24, 2.45) is 5.73 Å². The lowest BCUT2D eigenvalue weighted by Gasteiger charge is -2.08. The summed E-state index contributed by atoms with van der Waals surface area (Å²) in [5.74, 6) is 0. The van der Waals surface area contributed by atoms with Gasteiger partial charge in [0.2, 0.25) is 0 Å². The van der Waals surface area contributed by atoms with Crippen molar-refractivity contribution in [3.8, 4) is 11.1 Å². The fourth-order valence-corrected chi connectivity index (χ4v) is 2.51. The van der Waals surface area contributed by atoms with Crippen molar-refractivity contribution in [3.05, 3.63) is 65.4 Å². The Kier molecular flexibility index (Phi) is 3.20. The minimum atomic E-state index is 0.457. The van der Waals surface area contributed by atoms with Gasteiger partial charge >= 0.3 is 0 Å². The van der Waals surface area contributed by atoms with Crippen molar-refractivity contribution < 1.29 is 0 Å². The van der Waals surface area contributed by atoms with Crippen molar-refractivity contribution in [2.45, 2.75) is 6.54 Å². The number of fused-ring (bicyclic) bond motifs is 1. The summed E-state index contributed by atoms with van der Waals surface area (Å²) in [6.45, 7) is 0.457. The second-order valence-corrected chi connectivity index (χ2v) is 4.82. The number of aromatic nitrogens is 1. The van der Waals surface area contributed by atoms with E-state index in [-0.39, 0.29) is 0 Å². The summed E-state index contributed by atoms with van der Waals surface area (Å²) in [5.41, 5.74) is 8.86. The van der Waals surface area contributed by atoms with Crippen LogP contribution in [0, 0.1) is 0 Å². The molecule has 2 nitrogen and oxygen atoms in total. The van der Waals surface area contributed by atoms with Crippen molar-refractivity contribution in [1.82, 2.24) is 4.98 Å². The van der Waals surface area contributed by atoms with Crippen LogP contribution in [0.25, 0.3) is 21.9 Å². The van der Waals surface area contributed by atoms with Gasteiger partial charge in [0, 0.05) is 29.3 Å². The number of nitrogens with two attached hydrogens (primary N) is 1. The van der Waals surface area contributed by atoms with Crippen molar-refractivity contribution >= 4 is 22.4 Å². The van der Waals surface area contributed by atoms with E-state index in [9.17, 15) is 0 Å². The Bertz CT molecular complexity index is 732. The number of benzene rings is 2. The predicted molar refractivity (Wildman–Crippen MR) is 80.1 cm³/mol. The topological polar surface area (TPSA) is 38.9 Å². The van der Waals surface area contributed by atoms with Crippen LogP contribution >= 0.6 is 11.6 Å². The summed E-state index contributed by atoms with van der Waals surface area (Å²) in [6, 6.07) is 14.2. The number of hydrogen-bond acceptors (Lipinski definition) is 2. The van der Waals surface area contributed by atoms with Gasteiger partial charge in [0.05, 0.1) is 0 Å². The Morgan fingerprint density at radius 2 is 2.00 bits per heavy atom. The largest absolute Gasteiger partial charge is 0.326 e. The molecule has 0 radical (unpaired) electrons. The normalized spacial score (nSPS) is 10.8. The van der Waals surface area contributed by atoms with Crippen LogP contribution in [0.15, 0.2) is 54.9 Å². The first-order valence-electron chi connectivity index (χ1n) is 6.11. The molecular formula is C16H13ClN2. The van der Waals surface area contributed by atoms with E-state index in [1.54, 1.807) is 0 Å². The summed E-state index contributed by atoms with van der Waals surface area (Å²) in [6.07, 6.45) is 3.68. The lowest BCUT2D eigenvalue weighted by atomic mass is 9.98. The van der Waals surface area contributed by atoms with Crippen LogP contribution < -0.4 is 5.73 Å². The SMILES string of the molecule is NCc1ccc(-c2cccc3cnccc23)cc1Cl. The summed E-state index contributed by atoms with van der Waals surface area (Å²) in [5, 5.41) is 3.01. The minimum absolute atomic E-state index is 0.457. The van der Waals surface area contributed by atoms with E-state index in [1.165, 1.54) is 5.39 Å². The molecule has 3 heteroatoms. The van der Waals surface area contributed by atoms with Crippen molar-refractivity contribution in [3.63, 3.8) is 0 Å². The van der Waals surface area contributed by atoms with Gasteiger partial charge in [0.15, 0.2) is 0 Å². The van der Waals surface area contributed by atoms with E-state index >= 15 is 0 Å². The van der Waals surface area contributed by atoms with E-state index in [1.807, 2.05) is 36.7 Å². The summed E-state index contributed by atoms with van der Waals surface area (Å²) in [7, 11) is 0. The third-order valence-corrected chi connectivity index (χ3v) is 3.62. The Labute approximate surface area is 116 Å². The molecule has 2 aromatic carbocycles. The predicted octanol–water partition coefficient (Wildman–Crippen LogP) is 4.01. The standard InChI is InChI=1S/C16H13ClN2/c17-16-8-11(4-5-12(16)9-18)14-3-1-2-13-10-19-7-6-15(13)14/h1-8,10H,9,18H2. The van der Waals surface area contributed by atoms with Crippen LogP contribution in [-0.2, 0) is 6.54 Å². The lowest BCUT2D eigenvalue weighted by Crippen LogP contribution is -1.97. The zero-order chi connectivity index (χ0) is 13.2. The Morgan fingerprint density at radius 1 is 1.11 bits per heavy atom. The van der Waals surface area contributed by atoms with Gasteiger partial charge in [0.25, 0.3) is 0 Å². The van der Waals surface area contributed by atoms with Gasteiger partial charge in [-0.3, -0.25) is 4.98 Å². The molecule has 0 amide bonds. The molecule has 2 N–H and O–H groups in total. The Balaban J connectivity index is 2.22. The van der Waals surface area contributed by atoms with Crippen LogP contribution in [0.2, 0.25) is 5.02 Å². The zero-order valence-corrected chi connectivity index (χ0v) is 11.1. The van der Waals surface area contributed by atoms with Gasteiger partial charge < -0.3 is 5.73 Å². The van der Waals surface area contributed by atoms with E-state index in [2.05, 4.69) is 23.2 Å². The van der Waals surface area contributed by atoms with Crippen molar-refractivity contribution in [2.75, 3.05) is 0 Å². The third-order valence-electron chi connectivity index (χ3n) is 3.26. The van der Waals surface area contributed by atoms with Crippen LogP contribution in [-0.4, -0.2) is 4.98 Å². The molecule has 3 aromatic rings. The molecule has 94 valence electrons. The molecular weight excluding hydrogens is 256 g/mol. The highest BCUT2D eigenvalue weighted by atomic mass is 35.5. The molecule has 0 aliphatic carbocycles. The fourth-order valence-electron chi connectivity index (χ4n) is 2.25. The lowest BCUT2D eigenvalue weighted by molar-refractivity contribution is 1.07. The van der Waals surface area contributed by atoms with Crippen LogP contribution in [0.5, 0.6) is 0 Å². The monoisotopic (exact) mass is 268 g/mol. The number of halogens is 1. The number of pyridine rings is 1. The smallest absolute Gasteiger partial charge is 0.0457 e. The molecule has 0 unspecified atom stereocenters. The first kappa shape index (κ1) is 12.2. The van der Waals surface area contributed by atoms with E-state index in [0.717, 1.165) is 22.1 Å². The molecule has 1 heterocycles. The fraction of sp³-hybridized carbons (Fsp3) is 0.0625. The van der Waals surface area contributed by atoms with Gasteiger partial charge in [-0.05, 0) is 34.2 Å².